The van der Waals surface area contributed by atoms with E-state index in [1.165, 1.54) is 5.33 Å². The van der Waals surface area contributed by atoms with Crippen molar-refractivity contribution < 1.29 is 0 Å². The Morgan fingerprint density at radius 1 is 1.25 bits per heavy atom. The van der Waals surface area contributed by atoms with E-state index in [9.17, 15) is 0 Å². The molecule has 0 heterocycles. The van der Waals surface area contributed by atoms with Crippen molar-refractivity contribution in [1.82, 2.24) is 0 Å². The molecule has 1 nitrogen and oxygen atoms in total. The molecule has 0 bridgehead atoms. The van der Waals surface area contributed by atoms with Crippen LogP contribution in [0.1, 0.15) is 6.92 Å². The highest BCUT2D eigenvalue weighted by molar-refractivity contribution is 7.04. The molecular weight excluding hydrogens is 114 g/mol. The zero-order chi connectivity index (χ0) is 6.78. The minimum Gasteiger partial charge on any atom is -0.302 e. The van der Waals surface area contributed by atoms with Crippen LogP contribution < -0.4 is 0 Å². The second-order valence-electron chi connectivity index (χ2n) is 3.06. The van der Waals surface area contributed by atoms with Crippen LogP contribution in [0.4, 0.5) is 0 Å². The van der Waals surface area contributed by atoms with Crippen LogP contribution in [-0.2, 0) is 0 Å². The number of nitrogens with zero attached hydrogens (tertiary/aromatic N) is 1. The number of rotatable bonds is 1. The molecule has 0 saturated heterocycles. The predicted octanol–water partition coefficient (Wildman–Crippen LogP) is 1.95. The molecule has 0 radical (unpaired) electrons. The fourth-order valence-electron chi connectivity index (χ4n) is 0.335. The van der Waals surface area contributed by atoms with E-state index < -0.39 is 8.07 Å². The second kappa shape index (κ2) is 2.44. The summed E-state index contributed by atoms with van der Waals surface area (Å²) in [6.45, 7) is 9.02. The topological polar surface area (TPSA) is 12.4 Å². The number of hydrogen-bond donors (Lipinski definition) is 0. The van der Waals surface area contributed by atoms with Gasteiger partial charge in [-0.25, -0.2) is 0 Å². The van der Waals surface area contributed by atoms with E-state index in [1.54, 1.807) is 0 Å². The standard InChI is InChI=1S/C6H15NSi/c1-6(7-2)8(3,4)5/h1-5H3/b7-6+. The molecule has 0 saturated carbocycles. The monoisotopic (exact) mass is 129 g/mol. The molecule has 0 spiro atoms. The molecule has 0 aliphatic heterocycles. The highest BCUT2D eigenvalue weighted by Gasteiger charge is 2.15. The van der Waals surface area contributed by atoms with Crippen molar-refractivity contribution >= 4 is 13.4 Å². The fraction of sp³-hybridized carbons (Fsp3) is 0.833. The minimum atomic E-state index is -1.01. The summed E-state index contributed by atoms with van der Waals surface area (Å²) >= 11 is 0. The summed E-state index contributed by atoms with van der Waals surface area (Å²) in [6.07, 6.45) is 0. The second-order valence-corrected chi connectivity index (χ2v) is 8.28. The van der Waals surface area contributed by atoms with Crippen molar-refractivity contribution in [2.75, 3.05) is 7.05 Å². The Balaban J connectivity index is 4.03. The third-order valence-electron chi connectivity index (χ3n) is 1.42. The van der Waals surface area contributed by atoms with Crippen LogP contribution in [0.25, 0.3) is 0 Å². The summed E-state index contributed by atoms with van der Waals surface area (Å²) in [5.74, 6) is 0. The van der Waals surface area contributed by atoms with Crippen molar-refractivity contribution in [3.63, 3.8) is 0 Å². The quantitative estimate of drug-likeness (QED) is 0.379. The molecule has 0 aliphatic rings. The number of hydrogen-bond acceptors (Lipinski definition) is 1. The smallest absolute Gasteiger partial charge is 0.0949 e. The van der Waals surface area contributed by atoms with Gasteiger partial charge in [-0.3, -0.25) is 0 Å². The van der Waals surface area contributed by atoms with Gasteiger partial charge in [-0.15, -0.1) is 0 Å². The van der Waals surface area contributed by atoms with E-state index in [1.807, 2.05) is 7.05 Å². The average molecular weight is 129 g/mol. The Kier molecular flexibility index (Phi) is 2.41. The van der Waals surface area contributed by atoms with Crippen molar-refractivity contribution in [3.05, 3.63) is 0 Å². The highest BCUT2D eigenvalue weighted by atomic mass is 28.3. The van der Waals surface area contributed by atoms with Gasteiger partial charge in [0, 0.05) is 7.05 Å². The first kappa shape index (κ1) is 7.89. The first-order chi connectivity index (χ1) is 3.48. The molecular formula is C6H15NSi. The Morgan fingerprint density at radius 2 is 1.62 bits per heavy atom. The van der Waals surface area contributed by atoms with Crippen molar-refractivity contribution in [2.24, 2.45) is 4.99 Å². The maximum atomic E-state index is 4.14. The molecule has 0 aromatic heterocycles. The van der Waals surface area contributed by atoms with E-state index in [-0.39, 0.29) is 0 Å². The summed E-state index contributed by atoms with van der Waals surface area (Å²) in [5.41, 5.74) is 0. The lowest BCUT2D eigenvalue weighted by Crippen LogP contribution is -2.30. The SMILES string of the molecule is C/N=C(\C)[Si](C)(C)C. The summed E-state index contributed by atoms with van der Waals surface area (Å²) in [4.78, 5) is 4.14. The predicted molar refractivity (Wildman–Crippen MR) is 42.4 cm³/mol. The molecule has 8 heavy (non-hydrogen) atoms. The van der Waals surface area contributed by atoms with Gasteiger partial charge in [-0.2, -0.15) is 0 Å². The van der Waals surface area contributed by atoms with Gasteiger partial charge in [-0.1, -0.05) is 19.6 Å². The van der Waals surface area contributed by atoms with Crippen LogP contribution in [0, 0.1) is 0 Å². The third kappa shape index (κ3) is 2.26. The van der Waals surface area contributed by atoms with Crippen molar-refractivity contribution in [2.45, 2.75) is 26.6 Å². The molecule has 0 fully saturated rings. The molecule has 48 valence electrons. The Morgan fingerprint density at radius 3 is 1.62 bits per heavy atom. The van der Waals surface area contributed by atoms with Gasteiger partial charge in [-0.05, 0) is 12.3 Å². The summed E-state index contributed by atoms with van der Waals surface area (Å²) < 4.78 is 0. The van der Waals surface area contributed by atoms with Crippen molar-refractivity contribution in [3.8, 4) is 0 Å². The van der Waals surface area contributed by atoms with E-state index >= 15 is 0 Å². The summed E-state index contributed by atoms with van der Waals surface area (Å²) in [5, 5.41) is 1.34. The molecule has 0 aliphatic carbocycles. The molecule has 0 unspecified atom stereocenters. The molecule has 0 atom stereocenters. The van der Waals surface area contributed by atoms with Gasteiger partial charge in [0.15, 0.2) is 0 Å². The zero-order valence-corrected chi connectivity index (χ0v) is 7.45. The lowest BCUT2D eigenvalue weighted by molar-refractivity contribution is 1.43. The maximum absolute atomic E-state index is 4.14. The molecule has 0 aromatic carbocycles. The van der Waals surface area contributed by atoms with Gasteiger partial charge in [0.2, 0.25) is 0 Å². The molecule has 0 rings (SSSR count). The van der Waals surface area contributed by atoms with Crippen LogP contribution in [-0.4, -0.2) is 20.5 Å². The van der Waals surface area contributed by atoms with Gasteiger partial charge >= 0.3 is 0 Å². The van der Waals surface area contributed by atoms with Gasteiger partial charge < -0.3 is 4.99 Å². The first-order valence-electron chi connectivity index (χ1n) is 2.92. The molecule has 2 heteroatoms. The van der Waals surface area contributed by atoms with Crippen LogP contribution in [0.2, 0.25) is 19.6 Å². The van der Waals surface area contributed by atoms with Crippen LogP contribution in [0.15, 0.2) is 4.99 Å². The number of aliphatic imine (C=N–C) groups is 1. The van der Waals surface area contributed by atoms with Crippen LogP contribution >= 0.6 is 0 Å². The lowest BCUT2D eigenvalue weighted by atomic mass is 10.9. The van der Waals surface area contributed by atoms with Gasteiger partial charge in [0.25, 0.3) is 0 Å². The fourth-order valence-corrected chi connectivity index (χ4v) is 1.01. The first-order valence-corrected chi connectivity index (χ1v) is 6.42. The summed E-state index contributed by atoms with van der Waals surface area (Å²) in [7, 11) is 0.858. The average Bonchev–Trinajstić information content (AvgIpc) is 1.62. The Bertz CT molecular complexity index is 99.6. The van der Waals surface area contributed by atoms with Gasteiger partial charge in [0.1, 0.15) is 0 Å². The summed E-state index contributed by atoms with van der Waals surface area (Å²) in [6, 6.07) is 0. The molecule has 0 N–H and O–H groups in total. The zero-order valence-electron chi connectivity index (χ0n) is 6.45. The van der Waals surface area contributed by atoms with E-state index in [0.717, 1.165) is 0 Å². The Hall–Kier alpha value is -0.113. The molecule has 0 aromatic rings. The van der Waals surface area contributed by atoms with Crippen LogP contribution in [0.5, 0.6) is 0 Å². The normalized spacial score (nSPS) is 14.4. The maximum Gasteiger partial charge on any atom is 0.0949 e. The van der Waals surface area contributed by atoms with E-state index in [0.29, 0.717) is 0 Å². The van der Waals surface area contributed by atoms with E-state index in [4.69, 9.17) is 0 Å². The van der Waals surface area contributed by atoms with Crippen molar-refractivity contribution in [1.29, 1.82) is 0 Å². The van der Waals surface area contributed by atoms with E-state index in [2.05, 4.69) is 31.6 Å². The minimum absolute atomic E-state index is 1.01. The largest absolute Gasteiger partial charge is 0.302 e. The van der Waals surface area contributed by atoms with Gasteiger partial charge in [0.05, 0.1) is 8.07 Å². The van der Waals surface area contributed by atoms with Crippen LogP contribution in [0.3, 0.4) is 0 Å². The third-order valence-corrected chi connectivity index (χ3v) is 3.82. The molecule has 0 amide bonds. The lowest BCUT2D eigenvalue weighted by Gasteiger charge is -2.13. The highest BCUT2D eigenvalue weighted by Crippen LogP contribution is 2.01. The Labute approximate surface area is 52.8 Å².